The molecule has 32 heavy (non-hydrogen) atoms. The first-order valence-corrected chi connectivity index (χ1v) is 11.5. The fourth-order valence-electron chi connectivity index (χ4n) is 4.25. The van der Waals surface area contributed by atoms with Crippen molar-refractivity contribution in [1.29, 1.82) is 0 Å². The lowest BCUT2D eigenvalue weighted by Crippen LogP contribution is -2.31. The van der Waals surface area contributed by atoms with Crippen molar-refractivity contribution in [3.63, 3.8) is 0 Å². The average Bonchev–Trinajstić information content (AvgIpc) is 3.10. The highest BCUT2D eigenvalue weighted by atomic mass is 32.2. The SMILES string of the molecule is CSc1ccc(C2c3c(oc4ccc(F)cc4c3=O)C(=O)N2CCc2ccccc2)cc1. The number of thioether (sulfide) groups is 1. The fourth-order valence-corrected chi connectivity index (χ4v) is 4.66. The highest BCUT2D eigenvalue weighted by Crippen LogP contribution is 2.38. The number of nitrogens with zero attached hydrogens (tertiary/aromatic N) is 1. The predicted octanol–water partition coefficient (Wildman–Crippen LogP) is 5.44. The number of benzene rings is 3. The summed E-state index contributed by atoms with van der Waals surface area (Å²) >= 11 is 1.62. The summed E-state index contributed by atoms with van der Waals surface area (Å²) < 4.78 is 19.7. The van der Waals surface area contributed by atoms with Crippen LogP contribution in [0.5, 0.6) is 0 Å². The smallest absolute Gasteiger partial charge is 0.290 e. The van der Waals surface area contributed by atoms with Crippen LogP contribution in [0.3, 0.4) is 0 Å². The molecule has 0 saturated carbocycles. The second-order valence-electron chi connectivity index (χ2n) is 7.72. The van der Waals surface area contributed by atoms with Crippen LogP contribution >= 0.6 is 11.8 Å². The number of carbonyl (C=O) groups excluding carboxylic acids is 1. The van der Waals surface area contributed by atoms with Crippen molar-refractivity contribution in [2.24, 2.45) is 0 Å². The second kappa shape index (κ2) is 8.28. The summed E-state index contributed by atoms with van der Waals surface area (Å²) in [5.41, 5.74) is 2.04. The summed E-state index contributed by atoms with van der Waals surface area (Å²) in [6, 6.07) is 20.9. The van der Waals surface area contributed by atoms with Gasteiger partial charge in [0.2, 0.25) is 5.76 Å². The summed E-state index contributed by atoms with van der Waals surface area (Å²) in [7, 11) is 0. The molecule has 0 aliphatic carbocycles. The van der Waals surface area contributed by atoms with Gasteiger partial charge < -0.3 is 9.32 Å². The van der Waals surface area contributed by atoms with Gasteiger partial charge in [-0.25, -0.2) is 4.39 Å². The van der Waals surface area contributed by atoms with Gasteiger partial charge in [0, 0.05) is 11.4 Å². The van der Waals surface area contributed by atoms with Crippen LogP contribution in [0.25, 0.3) is 11.0 Å². The normalized spacial score (nSPS) is 15.4. The predicted molar refractivity (Wildman–Crippen MR) is 124 cm³/mol. The highest BCUT2D eigenvalue weighted by Gasteiger charge is 2.42. The Morgan fingerprint density at radius 2 is 1.75 bits per heavy atom. The zero-order valence-corrected chi connectivity index (χ0v) is 18.2. The number of halogens is 1. The molecule has 4 nitrogen and oxygen atoms in total. The molecule has 1 unspecified atom stereocenters. The lowest BCUT2D eigenvalue weighted by molar-refractivity contribution is 0.0730. The van der Waals surface area contributed by atoms with Gasteiger partial charge >= 0.3 is 0 Å². The third kappa shape index (κ3) is 3.50. The molecule has 3 aromatic carbocycles. The number of fused-ring (bicyclic) bond motifs is 2. The Balaban J connectivity index is 1.65. The molecule has 0 bridgehead atoms. The van der Waals surface area contributed by atoms with Crippen molar-refractivity contribution in [3.8, 4) is 0 Å². The Labute approximate surface area is 188 Å². The van der Waals surface area contributed by atoms with E-state index < -0.39 is 11.9 Å². The van der Waals surface area contributed by atoms with Crippen LogP contribution in [0, 0.1) is 5.82 Å². The zero-order valence-electron chi connectivity index (χ0n) is 17.4. The van der Waals surface area contributed by atoms with Crippen molar-refractivity contribution < 1.29 is 13.6 Å². The summed E-state index contributed by atoms with van der Waals surface area (Å²) in [6.07, 6.45) is 2.63. The average molecular weight is 446 g/mol. The molecular formula is C26H20FNO3S. The molecule has 1 atom stereocenters. The van der Waals surface area contributed by atoms with Crippen molar-refractivity contribution in [3.05, 3.63) is 111 Å². The molecule has 0 saturated heterocycles. The molecule has 0 N–H and O–H groups in total. The topological polar surface area (TPSA) is 50.5 Å². The molecular weight excluding hydrogens is 425 g/mol. The number of amides is 1. The van der Waals surface area contributed by atoms with Gasteiger partial charge in [-0.05, 0) is 54.1 Å². The van der Waals surface area contributed by atoms with Crippen molar-refractivity contribution in [2.45, 2.75) is 17.4 Å². The quantitative estimate of drug-likeness (QED) is 0.384. The fraction of sp³-hybridized carbons (Fsp3) is 0.154. The molecule has 160 valence electrons. The first-order chi connectivity index (χ1) is 15.6. The van der Waals surface area contributed by atoms with E-state index in [9.17, 15) is 14.0 Å². The van der Waals surface area contributed by atoms with E-state index in [1.54, 1.807) is 16.7 Å². The maximum absolute atomic E-state index is 13.9. The minimum absolute atomic E-state index is 0.0427. The van der Waals surface area contributed by atoms with Gasteiger partial charge in [0.05, 0.1) is 17.0 Å². The van der Waals surface area contributed by atoms with Crippen molar-refractivity contribution in [2.75, 3.05) is 12.8 Å². The lowest BCUT2D eigenvalue weighted by Gasteiger charge is -2.25. The van der Waals surface area contributed by atoms with Crippen LogP contribution in [0.15, 0.2) is 86.9 Å². The van der Waals surface area contributed by atoms with Gasteiger partial charge in [0.1, 0.15) is 11.4 Å². The largest absolute Gasteiger partial charge is 0.450 e. The van der Waals surface area contributed by atoms with E-state index in [0.717, 1.165) is 16.0 Å². The van der Waals surface area contributed by atoms with E-state index >= 15 is 0 Å². The molecule has 4 aromatic rings. The van der Waals surface area contributed by atoms with Gasteiger partial charge in [0.25, 0.3) is 5.91 Å². The summed E-state index contributed by atoms with van der Waals surface area (Å²) in [5, 5.41) is 0.146. The zero-order chi connectivity index (χ0) is 22.2. The molecule has 2 heterocycles. The van der Waals surface area contributed by atoms with E-state index in [4.69, 9.17) is 4.42 Å². The van der Waals surface area contributed by atoms with Gasteiger partial charge in [-0.15, -0.1) is 11.8 Å². The summed E-state index contributed by atoms with van der Waals surface area (Å²) in [4.78, 5) is 29.6. The minimum atomic E-state index is -0.582. The monoisotopic (exact) mass is 445 g/mol. The molecule has 1 aromatic heterocycles. The van der Waals surface area contributed by atoms with E-state index in [1.165, 1.54) is 18.2 Å². The molecule has 6 heteroatoms. The molecule has 0 fully saturated rings. The molecule has 1 aliphatic heterocycles. The van der Waals surface area contributed by atoms with Gasteiger partial charge in [-0.3, -0.25) is 9.59 Å². The Kier molecular flexibility index (Phi) is 5.31. The maximum Gasteiger partial charge on any atom is 0.290 e. The van der Waals surface area contributed by atoms with Crippen molar-refractivity contribution in [1.82, 2.24) is 4.90 Å². The van der Waals surface area contributed by atoms with Crippen LogP contribution in [0.4, 0.5) is 4.39 Å². The van der Waals surface area contributed by atoms with Gasteiger partial charge in [0.15, 0.2) is 5.43 Å². The molecule has 1 aliphatic rings. The summed E-state index contributed by atoms with van der Waals surface area (Å²) in [6.45, 7) is 0.423. The van der Waals surface area contributed by atoms with Crippen LogP contribution in [-0.2, 0) is 6.42 Å². The van der Waals surface area contributed by atoms with E-state index in [1.807, 2.05) is 60.9 Å². The Morgan fingerprint density at radius 3 is 2.47 bits per heavy atom. The minimum Gasteiger partial charge on any atom is -0.450 e. The second-order valence-corrected chi connectivity index (χ2v) is 8.60. The Bertz CT molecular complexity index is 1370. The Morgan fingerprint density at radius 1 is 1.00 bits per heavy atom. The number of hydrogen-bond donors (Lipinski definition) is 0. The molecule has 5 rings (SSSR count). The van der Waals surface area contributed by atoms with Crippen molar-refractivity contribution >= 4 is 28.6 Å². The number of rotatable bonds is 5. The molecule has 1 amide bonds. The third-order valence-electron chi connectivity index (χ3n) is 5.84. The van der Waals surface area contributed by atoms with Crippen LogP contribution in [0.2, 0.25) is 0 Å². The van der Waals surface area contributed by atoms with E-state index in [0.29, 0.717) is 13.0 Å². The number of hydrogen-bond acceptors (Lipinski definition) is 4. The lowest BCUT2D eigenvalue weighted by atomic mass is 9.98. The Hall–Kier alpha value is -3.38. The van der Waals surface area contributed by atoms with E-state index in [-0.39, 0.29) is 33.6 Å². The maximum atomic E-state index is 13.9. The first-order valence-electron chi connectivity index (χ1n) is 10.3. The molecule has 0 spiro atoms. The van der Waals surface area contributed by atoms with Crippen LogP contribution < -0.4 is 5.43 Å². The summed E-state index contributed by atoms with van der Waals surface area (Å²) in [5.74, 6) is -0.796. The van der Waals surface area contributed by atoms with Crippen LogP contribution in [0.1, 0.15) is 33.3 Å². The highest BCUT2D eigenvalue weighted by molar-refractivity contribution is 7.98. The number of carbonyl (C=O) groups is 1. The van der Waals surface area contributed by atoms with Gasteiger partial charge in [-0.2, -0.15) is 0 Å². The third-order valence-corrected chi connectivity index (χ3v) is 6.59. The van der Waals surface area contributed by atoms with E-state index in [2.05, 4.69) is 0 Å². The standard InChI is InChI=1S/C26H20FNO3S/c1-32-19-10-7-17(8-11-19)23-22-24(29)20-15-18(27)9-12-21(20)31-25(22)26(30)28(23)14-13-16-5-3-2-4-6-16/h2-12,15,23H,13-14H2,1H3. The van der Waals surface area contributed by atoms with Crippen LogP contribution in [-0.4, -0.2) is 23.6 Å². The van der Waals surface area contributed by atoms with Gasteiger partial charge in [-0.1, -0.05) is 42.5 Å². The first kappa shape index (κ1) is 20.5. The molecule has 0 radical (unpaired) electrons.